The van der Waals surface area contributed by atoms with Gasteiger partial charge in [0.2, 0.25) is 5.78 Å². The van der Waals surface area contributed by atoms with Crippen LogP contribution in [-0.4, -0.2) is 58.1 Å². The summed E-state index contributed by atoms with van der Waals surface area (Å²) in [5.74, 6) is -1.12. The molecule has 152 valence electrons. The zero-order valence-electron chi connectivity index (χ0n) is 16.5. The van der Waals surface area contributed by atoms with E-state index >= 15 is 0 Å². The van der Waals surface area contributed by atoms with Crippen molar-refractivity contribution in [1.82, 2.24) is 14.8 Å². The summed E-state index contributed by atoms with van der Waals surface area (Å²) in [6.07, 6.45) is 1.73. The van der Waals surface area contributed by atoms with Crippen LogP contribution >= 0.6 is 11.3 Å². The van der Waals surface area contributed by atoms with Crippen LogP contribution < -0.4 is 0 Å². The molecule has 1 fully saturated rings. The number of nitrogens with zero attached hydrogens (tertiary/aromatic N) is 3. The van der Waals surface area contributed by atoms with Gasteiger partial charge < -0.3 is 9.80 Å². The molecule has 0 radical (unpaired) electrons. The molecule has 7 heteroatoms. The maximum atomic E-state index is 12.8. The van der Waals surface area contributed by atoms with E-state index in [1.807, 2.05) is 30.5 Å². The molecule has 1 aliphatic heterocycles. The Morgan fingerprint density at radius 2 is 1.70 bits per heavy atom. The zero-order valence-corrected chi connectivity index (χ0v) is 17.3. The van der Waals surface area contributed by atoms with Gasteiger partial charge in [-0.1, -0.05) is 42.5 Å². The minimum Gasteiger partial charge on any atom is -0.335 e. The minimum atomic E-state index is -0.532. The molecule has 6 nitrogen and oxygen atoms in total. The fraction of sp³-hybridized carbons (Fsp3) is 0.217. The number of Topliss-reactive ketones (excluding diaryl/α,β-unsaturated/α-hetero) is 1. The normalized spacial score (nSPS) is 16.4. The van der Waals surface area contributed by atoms with E-state index in [2.05, 4.69) is 4.98 Å². The van der Waals surface area contributed by atoms with Crippen molar-refractivity contribution in [3.05, 3.63) is 77.3 Å². The van der Waals surface area contributed by atoms with Crippen LogP contribution in [0.3, 0.4) is 0 Å². The molecular weight excluding hydrogens is 398 g/mol. The van der Waals surface area contributed by atoms with Gasteiger partial charge in [0.15, 0.2) is 0 Å². The number of thiazole rings is 1. The van der Waals surface area contributed by atoms with Crippen LogP contribution in [-0.2, 0) is 4.79 Å². The lowest BCUT2D eigenvalue weighted by atomic mass is 10.1. The van der Waals surface area contributed by atoms with Crippen LogP contribution in [0.2, 0.25) is 0 Å². The van der Waals surface area contributed by atoms with E-state index in [1.165, 1.54) is 11.3 Å². The van der Waals surface area contributed by atoms with Crippen molar-refractivity contribution >= 4 is 28.9 Å². The third-order valence-electron chi connectivity index (χ3n) is 5.22. The van der Waals surface area contributed by atoms with Gasteiger partial charge in [-0.15, -0.1) is 11.3 Å². The van der Waals surface area contributed by atoms with Gasteiger partial charge >= 0.3 is 0 Å². The van der Waals surface area contributed by atoms with Crippen LogP contribution in [0, 0.1) is 0 Å². The van der Waals surface area contributed by atoms with Crippen molar-refractivity contribution in [2.45, 2.75) is 13.0 Å². The molecule has 2 heterocycles. The second-order valence-electron chi connectivity index (χ2n) is 7.21. The maximum Gasteiger partial charge on any atom is 0.295 e. The Bertz CT molecular complexity index is 1050. The topological polar surface area (TPSA) is 70.6 Å². The molecule has 1 saturated heterocycles. The van der Waals surface area contributed by atoms with Crippen LogP contribution in [0.1, 0.15) is 27.6 Å². The Kier molecular flexibility index (Phi) is 5.72. The van der Waals surface area contributed by atoms with E-state index in [9.17, 15) is 14.4 Å². The molecular formula is C23H21N3O3S. The van der Waals surface area contributed by atoms with Gasteiger partial charge in [-0.25, -0.2) is 4.98 Å². The maximum absolute atomic E-state index is 12.8. The summed E-state index contributed by atoms with van der Waals surface area (Å²) in [5, 5.41) is 2.76. The molecule has 0 bridgehead atoms. The van der Waals surface area contributed by atoms with Gasteiger partial charge in [0, 0.05) is 53.9 Å². The standard InChI is InChI=1S/C23H21N3O3S/c1-16-15-25(22(28)19-5-3-2-4-6-19)12-13-26(16)23(29)20(27)17-7-9-18(10-8-17)21-24-11-14-30-21/h2-11,14,16H,12-13,15H2,1H3. The fourth-order valence-corrected chi connectivity index (χ4v) is 4.24. The van der Waals surface area contributed by atoms with Gasteiger partial charge in [0.25, 0.3) is 11.8 Å². The second-order valence-corrected chi connectivity index (χ2v) is 8.10. The first-order valence-corrected chi connectivity index (χ1v) is 10.6. The summed E-state index contributed by atoms with van der Waals surface area (Å²) in [4.78, 5) is 45.8. The highest BCUT2D eigenvalue weighted by Crippen LogP contribution is 2.22. The predicted molar refractivity (Wildman–Crippen MR) is 115 cm³/mol. The monoisotopic (exact) mass is 419 g/mol. The Morgan fingerprint density at radius 3 is 2.33 bits per heavy atom. The average molecular weight is 420 g/mol. The summed E-state index contributed by atoms with van der Waals surface area (Å²) in [6.45, 7) is 3.00. The number of amides is 2. The van der Waals surface area contributed by atoms with Crippen LogP contribution in [0.4, 0.5) is 0 Å². The molecule has 4 rings (SSSR count). The van der Waals surface area contributed by atoms with E-state index in [4.69, 9.17) is 0 Å². The summed E-state index contributed by atoms with van der Waals surface area (Å²) in [5.41, 5.74) is 1.89. The van der Waals surface area contributed by atoms with Crippen molar-refractivity contribution in [2.75, 3.05) is 19.6 Å². The van der Waals surface area contributed by atoms with E-state index in [0.29, 0.717) is 30.8 Å². The molecule has 1 atom stereocenters. The number of hydrogen-bond acceptors (Lipinski definition) is 5. The summed E-state index contributed by atoms with van der Waals surface area (Å²) in [7, 11) is 0. The summed E-state index contributed by atoms with van der Waals surface area (Å²) in [6, 6.07) is 15.8. The highest BCUT2D eigenvalue weighted by molar-refractivity contribution is 7.13. The summed E-state index contributed by atoms with van der Waals surface area (Å²) < 4.78 is 0. The molecule has 1 unspecified atom stereocenters. The van der Waals surface area contributed by atoms with Crippen LogP contribution in [0.5, 0.6) is 0 Å². The van der Waals surface area contributed by atoms with Crippen LogP contribution in [0.25, 0.3) is 10.6 Å². The van der Waals surface area contributed by atoms with Crippen molar-refractivity contribution in [3.8, 4) is 10.6 Å². The predicted octanol–water partition coefficient (Wildman–Crippen LogP) is 3.37. The van der Waals surface area contributed by atoms with Gasteiger partial charge in [-0.2, -0.15) is 0 Å². The average Bonchev–Trinajstić information content (AvgIpc) is 3.33. The lowest BCUT2D eigenvalue weighted by molar-refractivity contribution is -0.130. The van der Waals surface area contributed by atoms with Crippen molar-refractivity contribution in [2.24, 2.45) is 0 Å². The minimum absolute atomic E-state index is 0.0568. The highest BCUT2D eigenvalue weighted by Gasteiger charge is 2.33. The van der Waals surface area contributed by atoms with Gasteiger partial charge in [-0.3, -0.25) is 14.4 Å². The fourth-order valence-electron chi connectivity index (χ4n) is 3.59. The number of carbonyl (C=O) groups is 3. The number of carbonyl (C=O) groups excluding carboxylic acids is 3. The Hall–Kier alpha value is -3.32. The first kappa shape index (κ1) is 20.0. The lowest BCUT2D eigenvalue weighted by Crippen LogP contribution is -2.56. The number of benzene rings is 2. The largest absolute Gasteiger partial charge is 0.335 e. The van der Waals surface area contributed by atoms with Crippen molar-refractivity contribution < 1.29 is 14.4 Å². The number of rotatable bonds is 4. The second kappa shape index (κ2) is 8.59. The van der Waals surface area contributed by atoms with Crippen molar-refractivity contribution in [1.29, 1.82) is 0 Å². The molecule has 3 aromatic rings. The smallest absolute Gasteiger partial charge is 0.295 e. The molecule has 2 aromatic carbocycles. The molecule has 1 aliphatic rings. The Balaban J connectivity index is 1.41. The van der Waals surface area contributed by atoms with E-state index in [1.54, 1.807) is 52.4 Å². The van der Waals surface area contributed by atoms with Crippen molar-refractivity contribution in [3.63, 3.8) is 0 Å². The van der Waals surface area contributed by atoms with E-state index in [0.717, 1.165) is 10.6 Å². The summed E-state index contributed by atoms with van der Waals surface area (Å²) >= 11 is 1.52. The first-order chi connectivity index (χ1) is 14.5. The molecule has 0 spiro atoms. The number of hydrogen-bond donors (Lipinski definition) is 0. The van der Waals surface area contributed by atoms with E-state index < -0.39 is 11.7 Å². The lowest BCUT2D eigenvalue weighted by Gasteiger charge is -2.39. The Labute approximate surface area is 178 Å². The first-order valence-electron chi connectivity index (χ1n) is 9.74. The third kappa shape index (κ3) is 4.02. The van der Waals surface area contributed by atoms with E-state index in [-0.39, 0.29) is 11.9 Å². The SMILES string of the molecule is CC1CN(C(=O)c2ccccc2)CCN1C(=O)C(=O)c1ccc(-c2nccs2)cc1. The molecule has 1 aromatic heterocycles. The molecule has 0 saturated carbocycles. The molecule has 0 aliphatic carbocycles. The van der Waals surface area contributed by atoms with Crippen LogP contribution in [0.15, 0.2) is 66.2 Å². The molecule has 0 N–H and O–H groups in total. The highest BCUT2D eigenvalue weighted by atomic mass is 32.1. The van der Waals surface area contributed by atoms with Gasteiger partial charge in [-0.05, 0) is 19.1 Å². The van der Waals surface area contributed by atoms with Gasteiger partial charge in [0.05, 0.1) is 0 Å². The Morgan fingerprint density at radius 1 is 0.967 bits per heavy atom. The molecule has 2 amide bonds. The molecule has 30 heavy (non-hydrogen) atoms. The zero-order chi connectivity index (χ0) is 21.1. The van der Waals surface area contributed by atoms with Gasteiger partial charge in [0.1, 0.15) is 5.01 Å². The number of ketones is 1. The number of aromatic nitrogens is 1. The quantitative estimate of drug-likeness (QED) is 0.480. The number of piperazine rings is 1. The third-order valence-corrected chi connectivity index (χ3v) is 6.04.